The van der Waals surface area contributed by atoms with Crippen molar-refractivity contribution in [2.45, 2.75) is 33.8 Å². The quantitative estimate of drug-likeness (QED) is 0.824. The molecular weight excluding hydrogens is 214 g/mol. The fraction of sp³-hybridized carbons (Fsp3) is 0.500. The van der Waals surface area contributed by atoms with Crippen LogP contribution >= 0.6 is 0 Å². The van der Waals surface area contributed by atoms with Gasteiger partial charge in [0.1, 0.15) is 0 Å². The van der Waals surface area contributed by atoms with E-state index in [1.807, 2.05) is 31.2 Å². The molecule has 2 N–H and O–H groups in total. The topological polar surface area (TPSA) is 49.3 Å². The number of rotatable bonds is 5. The van der Waals surface area contributed by atoms with Crippen molar-refractivity contribution < 1.29 is 9.90 Å². The van der Waals surface area contributed by atoms with E-state index in [1.165, 1.54) is 0 Å². The number of hydrogen-bond acceptors (Lipinski definition) is 2. The summed E-state index contributed by atoms with van der Waals surface area (Å²) in [4.78, 5) is 11.8. The lowest BCUT2D eigenvalue weighted by atomic mass is 9.98. The van der Waals surface area contributed by atoms with Crippen LogP contribution in [0.3, 0.4) is 0 Å². The van der Waals surface area contributed by atoms with Gasteiger partial charge in [-0.1, -0.05) is 32.9 Å². The summed E-state index contributed by atoms with van der Waals surface area (Å²) >= 11 is 0. The molecule has 0 spiro atoms. The molecule has 0 radical (unpaired) electrons. The summed E-state index contributed by atoms with van der Waals surface area (Å²) in [6.45, 7) is 6.19. The van der Waals surface area contributed by atoms with Gasteiger partial charge in [0.2, 0.25) is 5.91 Å². The molecule has 0 heterocycles. The van der Waals surface area contributed by atoms with Crippen molar-refractivity contribution in [2.24, 2.45) is 11.8 Å². The maximum absolute atomic E-state index is 11.8. The molecule has 0 unspecified atom stereocenters. The van der Waals surface area contributed by atoms with Crippen molar-refractivity contribution in [1.82, 2.24) is 0 Å². The second kappa shape index (κ2) is 6.40. The first-order chi connectivity index (χ1) is 8.02. The lowest BCUT2D eigenvalue weighted by Crippen LogP contribution is -2.21. The van der Waals surface area contributed by atoms with Gasteiger partial charge >= 0.3 is 0 Å². The predicted molar refractivity (Wildman–Crippen MR) is 69.6 cm³/mol. The molecule has 0 saturated heterocycles. The van der Waals surface area contributed by atoms with Crippen LogP contribution in [-0.2, 0) is 11.4 Å². The number of hydrogen-bond donors (Lipinski definition) is 2. The Hall–Kier alpha value is -1.35. The van der Waals surface area contributed by atoms with Crippen LogP contribution in [0.5, 0.6) is 0 Å². The minimum absolute atomic E-state index is 0.0209. The number of nitrogens with one attached hydrogen (secondary N) is 1. The Morgan fingerprint density at radius 2 is 1.82 bits per heavy atom. The normalized spacial score (nSPS) is 12.5. The number of carbonyl (C=O) groups is 1. The van der Waals surface area contributed by atoms with Crippen molar-refractivity contribution in [3.8, 4) is 0 Å². The highest BCUT2D eigenvalue weighted by Crippen LogP contribution is 2.15. The number of anilines is 1. The molecule has 0 bridgehead atoms. The average Bonchev–Trinajstić information content (AvgIpc) is 2.29. The Balaban J connectivity index is 2.55. The monoisotopic (exact) mass is 235 g/mol. The maximum atomic E-state index is 11.8. The molecule has 3 nitrogen and oxygen atoms in total. The van der Waals surface area contributed by atoms with Crippen LogP contribution in [0.25, 0.3) is 0 Å². The molecule has 1 amide bonds. The zero-order valence-electron chi connectivity index (χ0n) is 10.7. The minimum Gasteiger partial charge on any atom is -0.392 e. The van der Waals surface area contributed by atoms with Gasteiger partial charge in [0.05, 0.1) is 6.61 Å². The Labute approximate surface area is 103 Å². The Kier molecular flexibility index (Phi) is 5.16. The van der Waals surface area contributed by atoms with Crippen LogP contribution in [0, 0.1) is 11.8 Å². The smallest absolute Gasteiger partial charge is 0.227 e. The highest BCUT2D eigenvalue weighted by molar-refractivity contribution is 5.92. The number of amides is 1. The predicted octanol–water partition coefficient (Wildman–Crippen LogP) is 2.80. The van der Waals surface area contributed by atoms with E-state index in [1.54, 1.807) is 0 Å². The lowest BCUT2D eigenvalue weighted by molar-refractivity contribution is -0.119. The molecule has 1 atom stereocenters. The summed E-state index contributed by atoms with van der Waals surface area (Å²) in [5, 5.41) is 11.8. The van der Waals surface area contributed by atoms with Crippen molar-refractivity contribution in [2.75, 3.05) is 5.32 Å². The fourth-order valence-corrected chi connectivity index (χ4v) is 1.77. The van der Waals surface area contributed by atoms with Crippen molar-refractivity contribution in [3.05, 3.63) is 29.8 Å². The third-order valence-electron chi connectivity index (χ3n) is 2.68. The van der Waals surface area contributed by atoms with Crippen LogP contribution in [-0.4, -0.2) is 11.0 Å². The third-order valence-corrected chi connectivity index (χ3v) is 2.68. The molecule has 0 aliphatic rings. The first-order valence-corrected chi connectivity index (χ1v) is 6.03. The first-order valence-electron chi connectivity index (χ1n) is 6.03. The molecule has 0 fully saturated rings. The van der Waals surface area contributed by atoms with Crippen LogP contribution in [0.1, 0.15) is 32.8 Å². The van der Waals surface area contributed by atoms with Gasteiger partial charge < -0.3 is 10.4 Å². The Morgan fingerprint density at radius 1 is 1.24 bits per heavy atom. The second-order valence-electron chi connectivity index (χ2n) is 4.87. The Bertz CT molecular complexity index is 357. The average molecular weight is 235 g/mol. The van der Waals surface area contributed by atoms with Gasteiger partial charge in [0.15, 0.2) is 0 Å². The summed E-state index contributed by atoms with van der Waals surface area (Å²) < 4.78 is 0. The highest BCUT2D eigenvalue weighted by Gasteiger charge is 2.14. The van der Waals surface area contributed by atoms with E-state index in [-0.39, 0.29) is 18.4 Å². The third kappa shape index (κ3) is 4.57. The number of aliphatic hydroxyl groups excluding tert-OH is 1. The Morgan fingerprint density at radius 3 is 2.29 bits per heavy atom. The largest absolute Gasteiger partial charge is 0.392 e. The molecular formula is C14H21NO2. The number of aliphatic hydroxyl groups is 1. The van der Waals surface area contributed by atoms with Crippen LogP contribution in [0.2, 0.25) is 0 Å². The minimum atomic E-state index is 0.0209. The van der Waals surface area contributed by atoms with Gasteiger partial charge in [-0.3, -0.25) is 4.79 Å². The van der Waals surface area contributed by atoms with E-state index in [4.69, 9.17) is 5.11 Å². The molecule has 0 aliphatic carbocycles. The summed E-state index contributed by atoms with van der Waals surface area (Å²) in [6.07, 6.45) is 0.889. The molecule has 0 aliphatic heterocycles. The first kappa shape index (κ1) is 13.7. The van der Waals surface area contributed by atoms with E-state index in [9.17, 15) is 4.79 Å². The van der Waals surface area contributed by atoms with E-state index in [0.717, 1.165) is 17.7 Å². The zero-order valence-corrected chi connectivity index (χ0v) is 10.7. The van der Waals surface area contributed by atoms with Gasteiger partial charge in [-0.2, -0.15) is 0 Å². The standard InChI is InChI=1S/C14H21NO2/c1-10(2)8-11(3)14(17)15-13-6-4-12(9-16)5-7-13/h4-7,10-11,16H,8-9H2,1-3H3,(H,15,17)/t11-/m0/s1. The molecule has 1 aromatic carbocycles. The van der Waals surface area contributed by atoms with Gasteiger partial charge in [-0.05, 0) is 30.0 Å². The van der Waals surface area contributed by atoms with Crippen molar-refractivity contribution >= 4 is 11.6 Å². The van der Waals surface area contributed by atoms with Gasteiger partial charge in [0, 0.05) is 11.6 Å². The lowest BCUT2D eigenvalue weighted by Gasteiger charge is -2.14. The van der Waals surface area contributed by atoms with Crippen molar-refractivity contribution in [1.29, 1.82) is 0 Å². The molecule has 1 aromatic rings. The molecule has 0 saturated carbocycles. The van der Waals surface area contributed by atoms with Gasteiger partial charge in [-0.25, -0.2) is 0 Å². The van der Waals surface area contributed by atoms with Crippen molar-refractivity contribution in [3.63, 3.8) is 0 Å². The SMILES string of the molecule is CC(C)C[C@H](C)C(=O)Nc1ccc(CO)cc1. The number of carbonyl (C=O) groups excluding carboxylic acids is 1. The van der Waals surface area contributed by atoms with E-state index >= 15 is 0 Å². The summed E-state index contributed by atoms with van der Waals surface area (Å²) in [5.74, 6) is 0.593. The second-order valence-corrected chi connectivity index (χ2v) is 4.87. The van der Waals surface area contributed by atoms with E-state index in [2.05, 4.69) is 19.2 Å². The highest BCUT2D eigenvalue weighted by atomic mass is 16.3. The molecule has 3 heteroatoms. The van der Waals surface area contributed by atoms with Crippen LogP contribution < -0.4 is 5.32 Å². The summed E-state index contributed by atoms with van der Waals surface area (Å²) in [7, 11) is 0. The zero-order chi connectivity index (χ0) is 12.8. The van der Waals surface area contributed by atoms with Gasteiger partial charge in [0.25, 0.3) is 0 Å². The van der Waals surface area contributed by atoms with E-state index in [0.29, 0.717) is 5.92 Å². The molecule has 1 rings (SSSR count). The summed E-state index contributed by atoms with van der Waals surface area (Å²) in [5.41, 5.74) is 1.63. The van der Waals surface area contributed by atoms with Crippen LogP contribution in [0.15, 0.2) is 24.3 Å². The van der Waals surface area contributed by atoms with E-state index < -0.39 is 0 Å². The summed E-state index contributed by atoms with van der Waals surface area (Å²) in [6, 6.07) is 7.24. The van der Waals surface area contributed by atoms with Crippen LogP contribution in [0.4, 0.5) is 5.69 Å². The van der Waals surface area contributed by atoms with Gasteiger partial charge in [-0.15, -0.1) is 0 Å². The molecule has 17 heavy (non-hydrogen) atoms. The number of benzene rings is 1. The maximum Gasteiger partial charge on any atom is 0.227 e. The molecule has 0 aromatic heterocycles. The fourth-order valence-electron chi connectivity index (χ4n) is 1.77. The molecule has 94 valence electrons.